The smallest absolute Gasteiger partial charge is 0.0532 e. The summed E-state index contributed by atoms with van der Waals surface area (Å²) in [5, 5.41) is 0. The lowest BCUT2D eigenvalue weighted by Crippen LogP contribution is -2.48. The maximum absolute atomic E-state index is 3.92. The van der Waals surface area contributed by atoms with Gasteiger partial charge >= 0.3 is 0 Å². The fourth-order valence-corrected chi connectivity index (χ4v) is 6.17. The zero-order valence-electron chi connectivity index (χ0n) is 17.6. The Labute approximate surface area is 167 Å². The van der Waals surface area contributed by atoms with Crippen LogP contribution in [0.5, 0.6) is 0 Å². The monoisotopic (exact) mass is 360 g/mol. The highest BCUT2D eigenvalue weighted by Gasteiger charge is 2.54. The minimum absolute atomic E-state index is 0.0818. The van der Waals surface area contributed by atoms with E-state index in [1.165, 1.54) is 51.4 Å². The normalized spacial score (nSPS) is 37.4. The van der Waals surface area contributed by atoms with Gasteiger partial charge in [-0.15, -0.1) is 0 Å². The molecule has 0 amide bonds. The third-order valence-corrected chi connectivity index (χ3v) is 7.54. The summed E-state index contributed by atoms with van der Waals surface area (Å²) in [4.78, 5) is 0. The highest BCUT2D eigenvalue weighted by molar-refractivity contribution is 5.46. The maximum Gasteiger partial charge on any atom is 0.0532 e. The van der Waals surface area contributed by atoms with Gasteiger partial charge in [-0.1, -0.05) is 75.6 Å². The fraction of sp³-hybridized carbons (Fsp3) is 0.556. The second kappa shape index (κ2) is 8.10. The van der Waals surface area contributed by atoms with Crippen LogP contribution >= 0.6 is 0 Å². The summed E-state index contributed by atoms with van der Waals surface area (Å²) in [5.41, 5.74) is 4.77. The van der Waals surface area contributed by atoms with Crippen molar-refractivity contribution in [1.82, 2.24) is 0 Å². The van der Waals surface area contributed by atoms with Crippen LogP contribution in [0.1, 0.15) is 72.1 Å². The third kappa shape index (κ3) is 3.54. The second-order valence-electron chi connectivity index (χ2n) is 8.94. The highest BCUT2D eigenvalue weighted by atomic mass is 14.6. The summed E-state index contributed by atoms with van der Waals surface area (Å²) in [5.74, 6) is 8.69. The fourth-order valence-electron chi connectivity index (χ4n) is 6.17. The van der Waals surface area contributed by atoms with Crippen LogP contribution < -0.4 is 0 Å². The minimum atomic E-state index is 0.0818. The van der Waals surface area contributed by atoms with Crippen molar-refractivity contribution < 1.29 is 0 Å². The van der Waals surface area contributed by atoms with Crippen LogP contribution in [-0.2, 0) is 0 Å². The van der Waals surface area contributed by atoms with Crippen molar-refractivity contribution in [2.75, 3.05) is 0 Å². The van der Waals surface area contributed by atoms with Crippen LogP contribution in [0.2, 0.25) is 0 Å². The van der Waals surface area contributed by atoms with Gasteiger partial charge in [-0.2, -0.15) is 0 Å². The standard InChI is InChI=1S/C27H36/c1-6-11-22(8-3)14-19-27-17-10-9-13-25(27)26(5)18-15-23(12-7-2)21(4)24(26)16-20-27/h6,8,11-13,21,24H,1,3,7,9-10,15-18,20H2,2,4-5H3/b22-11+,23-12?. The molecule has 4 atom stereocenters. The van der Waals surface area contributed by atoms with Gasteiger partial charge in [0.25, 0.3) is 0 Å². The van der Waals surface area contributed by atoms with Crippen molar-refractivity contribution >= 4 is 0 Å². The Kier molecular flexibility index (Phi) is 6.00. The number of fused-ring (bicyclic) bond motifs is 3. The zero-order valence-corrected chi connectivity index (χ0v) is 17.6. The van der Waals surface area contributed by atoms with Crippen molar-refractivity contribution in [1.29, 1.82) is 0 Å². The van der Waals surface area contributed by atoms with E-state index < -0.39 is 0 Å². The number of hydrogen-bond donors (Lipinski definition) is 0. The molecular formula is C27H36. The lowest BCUT2D eigenvalue weighted by Gasteiger charge is -2.57. The van der Waals surface area contributed by atoms with Crippen molar-refractivity contribution in [3.8, 4) is 11.8 Å². The van der Waals surface area contributed by atoms with Gasteiger partial charge in [0, 0.05) is 5.57 Å². The van der Waals surface area contributed by atoms with Gasteiger partial charge < -0.3 is 0 Å². The Bertz CT molecular complexity index is 747. The Hall–Kier alpha value is -1.74. The van der Waals surface area contributed by atoms with Gasteiger partial charge in [0.2, 0.25) is 0 Å². The molecule has 0 aromatic heterocycles. The van der Waals surface area contributed by atoms with E-state index in [-0.39, 0.29) is 5.41 Å². The van der Waals surface area contributed by atoms with Crippen LogP contribution in [0.15, 0.2) is 60.3 Å². The Balaban J connectivity index is 2.00. The third-order valence-electron chi connectivity index (χ3n) is 7.54. The highest BCUT2D eigenvalue weighted by Crippen LogP contribution is 2.63. The van der Waals surface area contributed by atoms with Gasteiger partial charge in [0.15, 0.2) is 0 Å². The summed E-state index contributed by atoms with van der Waals surface area (Å²) >= 11 is 0. The van der Waals surface area contributed by atoms with Crippen LogP contribution in [0, 0.1) is 34.5 Å². The van der Waals surface area contributed by atoms with E-state index >= 15 is 0 Å². The molecule has 0 nitrogen and oxygen atoms in total. The topological polar surface area (TPSA) is 0 Å². The molecule has 0 saturated heterocycles. The predicted molar refractivity (Wildman–Crippen MR) is 118 cm³/mol. The molecule has 0 aliphatic heterocycles. The molecule has 0 radical (unpaired) electrons. The molecule has 0 heteroatoms. The van der Waals surface area contributed by atoms with E-state index in [0.29, 0.717) is 11.3 Å². The summed E-state index contributed by atoms with van der Waals surface area (Å²) in [6, 6.07) is 0. The molecule has 0 bridgehead atoms. The van der Waals surface area contributed by atoms with Crippen molar-refractivity contribution in [3.63, 3.8) is 0 Å². The molecule has 3 aliphatic carbocycles. The molecular weight excluding hydrogens is 324 g/mol. The van der Waals surface area contributed by atoms with Crippen LogP contribution in [-0.4, -0.2) is 0 Å². The summed E-state index contributed by atoms with van der Waals surface area (Å²) in [6.07, 6.45) is 20.7. The molecule has 0 N–H and O–H groups in total. The predicted octanol–water partition coefficient (Wildman–Crippen LogP) is 7.57. The van der Waals surface area contributed by atoms with E-state index in [0.717, 1.165) is 11.5 Å². The number of allylic oxidation sites excluding steroid dienone is 8. The Morgan fingerprint density at radius 3 is 2.81 bits per heavy atom. The van der Waals surface area contributed by atoms with Gasteiger partial charge in [-0.05, 0) is 80.3 Å². The second-order valence-corrected chi connectivity index (χ2v) is 8.94. The molecule has 0 aromatic carbocycles. The molecule has 0 aromatic rings. The zero-order chi connectivity index (χ0) is 19.5. The van der Waals surface area contributed by atoms with E-state index in [1.54, 1.807) is 11.1 Å². The van der Waals surface area contributed by atoms with Crippen LogP contribution in [0.4, 0.5) is 0 Å². The van der Waals surface area contributed by atoms with E-state index in [1.807, 2.05) is 18.2 Å². The first-order valence-electron chi connectivity index (χ1n) is 10.9. The van der Waals surface area contributed by atoms with Crippen molar-refractivity contribution in [3.05, 3.63) is 60.3 Å². The van der Waals surface area contributed by atoms with E-state index in [9.17, 15) is 0 Å². The van der Waals surface area contributed by atoms with Gasteiger partial charge in [0.1, 0.15) is 0 Å². The lowest BCUT2D eigenvalue weighted by molar-refractivity contribution is 0.0557. The summed E-state index contributed by atoms with van der Waals surface area (Å²) in [7, 11) is 0. The number of hydrogen-bond acceptors (Lipinski definition) is 0. The molecule has 3 aliphatic rings. The molecule has 2 fully saturated rings. The molecule has 0 spiro atoms. The molecule has 3 rings (SSSR count). The molecule has 0 heterocycles. The van der Waals surface area contributed by atoms with Crippen molar-refractivity contribution in [2.24, 2.45) is 22.7 Å². The molecule has 4 unspecified atom stereocenters. The van der Waals surface area contributed by atoms with Crippen molar-refractivity contribution in [2.45, 2.75) is 72.1 Å². The van der Waals surface area contributed by atoms with Gasteiger partial charge in [-0.25, -0.2) is 0 Å². The van der Waals surface area contributed by atoms with Gasteiger partial charge in [-0.3, -0.25) is 0 Å². The summed E-state index contributed by atoms with van der Waals surface area (Å²) < 4.78 is 0. The van der Waals surface area contributed by atoms with E-state index in [4.69, 9.17) is 0 Å². The first-order valence-corrected chi connectivity index (χ1v) is 10.9. The number of rotatable bonds is 3. The molecule has 144 valence electrons. The quantitative estimate of drug-likeness (QED) is 0.276. The summed E-state index contributed by atoms with van der Waals surface area (Å²) in [6.45, 7) is 15.0. The maximum atomic E-state index is 3.92. The lowest BCUT2D eigenvalue weighted by atomic mass is 9.46. The average Bonchev–Trinajstić information content (AvgIpc) is 2.67. The molecule has 2 saturated carbocycles. The first-order chi connectivity index (χ1) is 13.0. The Morgan fingerprint density at radius 1 is 1.30 bits per heavy atom. The first kappa shape index (κ1) is 20.0. The van der Waals surface area contributed by atoms with E-state index in [2.05, 4.69) is 57.9 Å². The minimum Gasteiger partial charge on any atom is -0.0990 e. The van der Waals surface area contributed by atoms with Crippen LogP contribution in [0.25, 0.3) is 0 Å². The molecule has 27 heavy (non-hydrogen) atoms. The van der Waals surface area contributed by atoms with Gasteiger partial charge in [0.05, 0.1) is 5.41 Å². The Morgan fingerprint density at radius 2 is 2.11 bits per heavy atom. The largest absolute Gasteiger partial charge is 0.0990 e. The van der Waals surface area contributed by atoms with Crippen LogP contribution in [0.3, 0.4) is 0 Å². The average molecular weight is 361 g/mol. The SMILES string of the molecule is C=C/C=C(/C#CC12CCCC=C1C1(C)CCC(=CCC)C(C)C1CC2)C=C.